The molecule has 53 heavy (non-hydrogen) atoms. The third-order valence-electron chi connectivity index (χ3n) is 7.69. The van der Waals surface area contributed by atoms with Gasteiger partial charge in [-0.05, 0) is 64.2 Å². The second-order valence-electron chi connectivity index (χ2n) is 13.9. The minimum atomic E-state index is -4.40. The molecule has 302 valence electrons. The van der Waals surface area contributed by atoms with Gasteiger partial charge in [-0.1, -0.05) is 131 Å². The van der Waals surface area contributed by atoms with E-state index in [-0.39, 0.29) is 26.1 Å². The number of likely N-dealkylation sites (N-methyl/N-ethyl adjacent to an activating group) is 1. The van der Waals surface area contributed by atoms with Crippen molar-refractivity contribution in [1.29, 1.82) is 0 Å². The molecule has 10 heteroatoms. The minimum absolute atomic E-state index is 0.000636. The lowest BCUT2D eigenvalue weighted by Crippen LogP contribution is -2.37. The lowest BCUT2D eigenvalue weighted by molar-refractivity contribution is -0.870. The number of carbonyl (C=O) groups excluding carboxylic acids is 2. The van der Waals surface area contributed by atoms with Crippen molar-refractivity contribution in [3.05, 3.63) is 85.1 Å². The van der Waals surface area contributed by atoms with Gasteiger partial charge in [0.1, 0.15) is 19.8 Å². The molecule has 0 saturated carbocycles. The minimum Gasteiger partial charge on any atom is -0.462 e. The van der Waals surface area contributed by atoms with Gasteiger partial charge in [-0.2, -0.15) is 0 Å². The third-order valence-corrected chi connectivity index (χ3v) is 8.68. The number of phosphoric ester groups is 1. The summed E-state index contributed by atoms with van der Waals surface area (Å²) in [5.41, 5.74) is 0. The number of quaternary nitrogens is 1. The maximum absolute atomic E-state index is 12.6. The highest BCUT2D eigenvalue weighted by Gasteiger charge is 2.26. The van der Waals surface area contributed by atoms with Crippen LogP contribution in [-0.2, 0) is 32.7 Å². The number of hydrogen-bond acceptors (Lipinski definition) is 7. The average Bonchev–Trinajstić information content (AvgIpc) is 3.10. The Morgan fingerprint density at radius 2 is 1.13 bits per heavy atom. The molecule has 0 amide bonds. The summed E-state index contributed by atoms with van der Waals surface area (Å²) in [6.07, 6.45) is 43.8. The number of allylic oxidation sites excluding steroid dienone is 13. The molecule has 1 N–H and O–H groups in total. The molecule has 0 aliphatic heterocycles. The van der Waals surface area contributed by atoms with Gasteiger partial charge in [0, 0.05) is 6.42 Å². The molecule has 0 fully saturated rings. The Balaban J connectivity index is 4.61. The van der Waals surface area contributed by atoms with Crippen LogP contribution in [0.2, 0.25) is 0 Å². The monoisotopic (exact) mass is 763 g/mol. The van der Waals surface area contributed by atoms with Crippen LogP contribution in [0.5, 0.6) is 0 Å². The topological polar surface area (TPSA) is 108 Å². The van der Waals surface area contributed by atoms with Crippen LogP contribution in [0.4, 0.5) is 0 Å². The number of hydrogen-bond donors (Lipinski definition) is 1. The summed E-state index contributed by atoms with van der Waals surface area (Å²) in [5, 5.41) is 0. The SMILES string of the molecule is CC/C=C\C/C=C\C/C=C\C/C=C\C/C=C\CC(=O)OC(COC(=O)CCCCCCC/C=C\C/C=C\CCCC)COP(=O)(O)OCC[N+](C)(C)C. The van der Waals surface area contributed by atoms with Gasteiger partial charge in [0.25, 0.3) is 0 Å². The van der Waals surface area contributed by atoms with E-state index in [4.69, 9.17) is 18.5 Å². The van der Waals surface area contributed by atoms with E-state index in [1.165, 1.54) is 12.8 Å². The normalized spacial score (nSPS) is 14.6. The van der Waals surface area contributed by atoms with Crippen LogP contribution in [0.3, 0.4) is 0 Å². The van der Waals surface area contributed by atoms with E-state index in [9.17, 15) is 19.0 Å². The molecule has 0 aliphatic rings. The first-order valence-corrected chi connectivity index (χ1v) is 21.3. The number of phosphoric acid groups is 1. The Morgan fingerprint density at radius 1 is 0.623 bits per heavy atom. The smallest absolute Gasteiger partial charge is 0.462 e. The standard InChI is InChI=1S/C43H72NO8P/c1-6-8-10-12-14-16-18-20-22-24-26-28-30-32-34-36-43(46)52-41(40-51-53(47,48)50-38-37-44(3,4)5)39-49-42(45)35-33-31-29-27-25-23-21-19-17-15-13-11-9-7-2/h8,10,13-16,19-22,26,28,32,34,41H,6-7,9,11-12,17-18,23-25,27,29-31,33,35-40H2,1-5H3/p+1/b10-8-,15-13-,16-14-,21-19-,22-20-,28-26-,34-32-. The van der Waals surface area contributed by atoms with Crippen molar-refractivity contribution >= 4 is 19.8 Å². The van der Waals surface area contributed by atoms with E-state index in [0.29, 0.717) is 23.9 Å². The van der Waals surface area contributed by atoms with E-state index in [2.05, 4.69) is 80.7 Å². The molecule has 2 unspecified atom stereocenters. The number of esters is 2. The first-order valence-electron chi connectivity index (χ1n) is 19.8. The zero-order valence-electron chi connectivity index (χ0n) is 33.7. The van der Waals surface area contributed by atoms with Crippen LogP contribution in [0, 0.1) is 0 Å². The Morgan fingerprint density at radius 3 is 1.70 bits per heavy atom. The number of unbranched alkanes of at least 4 members (excludes halogenated alkanes) is 7. The summed E-state index contributed by atoms with van der Waals surface area (Å²) < 4.78 is 34.0. The zero-order chi connectivity index (χ0) is 39.3. The molecule has 0 aromatic heterocycles. The van der Waals surface area contributed by atoms with Gasteiger partial charge in [-0.25, -0.2) is 4.57 Å². The second-order valence-corrected chi connectivity index (χ2v) is 15.4. The molecule has 0 bridgehead atoms. The Kier molecular flexibility index (Phi) is 33.1. The molecule has 0 saturated heterocycles. The van der Waals surface area contributed by atoms with Crippen molar-refractivity contribution in [3.63, 3.8) is 0 Å². The summed E-state index contributed by atoms with van der Waals surface area (Å²) in [5.74, 6) is -0.974. The summed E-state index contributed by atoms with van der Waals surface area (Å²) in [6.45, 7) is 4.10. The van der Waals surface area contributed by atoms with E-state index in [0.717, 1.165) is 70.6 Å². The molecule has 0 radical (unpaired) electrons. The van der Waals surface area contributed by atoms with Crippen molar-refractivity contribution in [2.45, 2.75) is 129 Å². The van der Waals surface area contributed by atoms with E-state index in [1.807, 2.05) is 33.3 Å². The molecule has 0 aromatic carbocycles. The lowest BCUT2D eigenvalue weighted by atomic mass is 10.1. The van der Waals surface area contributed by atoms with Crippen LogP contribution in [0.1, 0.15) is 123 Å². The highest BCUT2D eigenvalue weighted by molar-refractivity contribution is 7.47. The highest BCUT2D eigenvalue weighted by atomic mass is 31.2. The Bertz CT molecular complexity index is 1180. The highest BCUT2D eigenvalue weighted by Crippen LogP contribution is 2.43. The fraction of sp³-hybridized carbons (Fsp3) is 0.628. The molecular weight excluding hydrogens is 689 g/mol. The van der Waals surface area contributed by atoms with Gasteiger partial charge >= 0.3 is 19.8 Å². The maximum atomic E-state index is 12.6. The maximum Gasteiger partial charge on any atom is 0.472 e. The summed E-state index contributed by atoms with van der Waals surface area (Å²) in [7, 11) is 1.39. The largest absolute Gasteiger partial charge is 0.472 e. The van der Waals surface area contributed by atoms with Crippen molar-refractivity contribution in [1.82, 2.24) is 0 Å². The quantitative estimate of drug-likeness (QED) is 0.0227. The van der Waals surface area contributed by atoms with Crippen LogP contribution in [-0.4, -0.2) is 74.9 Å². The van der Waals surface area contributed by atoms with Gasteiger partial charge in [0.15, 0.2) is 6.10 Å². The molecule has 0 spiro atoms. The van der Waals surface area contributed by atoms with E-state index < -0.39 is 32.5 Å². The first kappa shape index (κ1) is 50.2. The average molecular weight is 763 g/mol. The van der Waals surface area contributed by atoms with Gasteiger partial charge < -0.3 is 18.9 Å². The molecule has 9 nitrogen and oxygen atoms in total. The van der Waals surface area contributed by atoms with Crippen LogP contribution in [0.15, 0.2) is 85.1 Å². The Labute approximate surface area is 322 Å². The van der Waals surface area contributed by atoms with Crippen molar-refractivity contribution < 1.29 is 42.1 Å². The zero-order valence-corrected chi connectivity index (χ0v) is 34.6. The summed E-state index contributed by atoms with van der Waals surface area (Å²) >= 11 is 0. The van der Waals surface area contributed by atoms with Crippen molar-refractivity contribution in [3.8, 4) is 0 Å². The molecule has 0 aromatic rings. The second kappa shape index (κ2) is 34.9. The molecule has 0 heterocycles. The van der Waals surface area contributed by atoms with Gasteiger partial charge in [0.05, 0.1) is 34.2 Å². The predicted octanol–water partition coefficient (Wildman–Crippen LogP) is 10.8. The van der Waals surface area contributed by atoms with Gasteiger partial charge in [-0.15, -0.1) is 0 Å². The van der Waals surface area contributed by atoms with E-state index in [1.54, 1.807) is 6.08 Å². The first-order chi connectivity index (χ1) is 25.5. The van der Waals surface area contributed by atoms with Crippen molar-refractivity contribution in [2.24, 2.45) is 0 Å². The van der Waals surface area contributed by atoms with Crippen LogP contribution >= 0.6 is 7.82 Å². The molecule has 2 atom stereocenters. The molecule has 0 rings (SSSR count). The number of nitrogens with zero attached hydrogens (tertiary/aromatic N) is 1. The van der Waals surface area contributed by atoms with E-state index >= 15 is 0 Å². The van der Waals surface area contributed by atoms with Crippen LogP contribution < -0.4 is 0 Å². The number of rotatable bonds is 34. The predicted molar refractivity (Wildman–Crippen MR) is 219 cm³/mol. The van der Waals surface area contributed by atoms with Gasteiger partial charge in [-0.3, -0.25) is 18.6 Å². The fourth-order valence-corrected chi connectivity index (χ4v) is 5.32. The van der Waals surface area contributed by atoms with Crippen molar-refractivity contribution in [2.75, 3.05) is 47.5 Å². The number of ether oxygens (including phenoxy) is 2. The summed E-state index contributed by atoms with van der Waals surface area (Å²) in [6, 6.07) is 0. The summed E-state index contributed by atoms with van der Waals surface area (Å²) in [4.78, 5) is 35.2. The molecular formula is C43H73NO8P+. The third kappa shape index (κ3) is 38.7. The number of carbonyl (C=O) groups is 2. The van der Waals surface area contributed by atoms with Gasteiger partial charge in [0.2, 0.25) is 0 Å². The lowest BCUT2D eigenvalue weighted by Gasteiger charge is -2.24. The fourth-order valence-electron chi connectivity index (χ4n) is 4.57. The molecule has 0 aliphatic carbocycles. The Hall–Kier alpha value is -2.81. The van der Waals surface area contributed by atoms with Crippen LogP contribution in [0.25, 0.3) is 0 Å².